The third kappa shape index (κ3) is 4.60. The highest BCUT2D eigenvalue weighted by molar-refractivity contribution is 7.92. The van der Waals surface area contributed by atoms with Crippen LogP contribution in [0.15, 0.2) is 52.9 Å². The van der Waals surface area contributed by atoms with Gasteiger partial charge in [-0.3, -0.25) is 9.78 Å². The van der Waals surface area contributed by atoms with Crippen molar-refractivity contribution in [3.05, 3.63) is 48.4 Å². The molecule has 29 heavy (non-hydrogen) atoms. The largest absolute Gasteiger partial charge is 0.389 e. The van der Waals surface area contributed by atoms with Gasteiger partial charge in [-0.15, -0.1) is 0 Å². The van der Waals surface area contributed by atoms with Gasteiger partial charge in [-0.2, -0.15) is 0 Å². The van der Waals surface area contributed by atoms with Crippen molar-refractivity contribution in [2.75, 3.05) is 18.5 Å². The maximum atomic E-state index is 12.8. The number of amides is 1. The molecule has 0 radical (unpaired) electrons. The molecule has 2 heterocycles. The Labute approximate surface area is 168 Å². The average Bonchev–Trinajstić information content (AvgIpc) is 3.47. The zero-order chi connectivity index (χ0) is 20.3. The fraction of sp³-hybridized carbons (Fsp3) is 0.368. The summed E-state index contributed by atoms with van der Waals surface area (Å²) in [6, 6.07) is 6.09. The molecular formula is C19H20N4O5S. The van der Waals surface area contributed by atoms with Crippen LogP contribution >= 0.6 is 0 Å². The van der Waals surface area contributed by atoms with Crippen molar-refractivity contribution in [1.29, 1.82) is 0 Å². The second-order valence-corrected chi connectivity index (χ2v) is 9.07. The lowest BCUT2D eigenvalue weighted by molar-refractivity contribution is -0.110. The molecule has 2 aliphatic rings. The fourth-order valence-electron chi connectivity index (χ4n) is 2.86. The molecule has 4 rings (SSSR count). The van der Waals surface area contributed by atoms with E-state index < -0.39 is 15.7 Å². The number of carbonyl (C=O) groups excluding carboxylic acids is 1. The van der Waals surface area contributed by atoms with Gasteiger partial charge in [-0.1, -0.05) is 17.3 Å². The number of oxime groups is 1. The van der Waals surface area contributed by atoms with Gasteiger partial charge in [0.1, 0.15) is 0 Å². The van der Waals surface area contributed by atoms with E-state index in [1.807, 2.05) is 0 Å². The smallest absolute Gasteiger partial charge is 0.279 e. The van der Waals surface area contributed by atoms with Crippen molar-refractivity contribution < 1.29 is 22.8 Å². The zero-order valence-corrected chi connectivity index (χ0v) is 16.3. The van der Waals surface area contributed by atoms with Crippen molar-refractivity contribution in [1.82, 2.24) is 9.97 Å². The number of benzene rings is 1. The maximum Gasteiger partial charge on any atom is 0.279 e. The van der Waals surface area contributed by atoms with Crippen LogP contribution in [0.4, 0.5) is 5.82 Å². The number of rotatable bonds is 7. The summed E-state index contributed by atoms with van der Waals surface area (Å²) in [7, 11) is -3.31. The Kier molecular flexibility index (Phi) is 5.54. The van der Waals surface area contributed by atoms with E-state index in [1.165, 1.54) is 30.7 Å². The number of sulfone groups is 1. The summed E-state index contributed by atoms with van der Waals surface area (Å²) in [5.41, 5.74) is 0.443. The molecule has 10 heteroatoms. The lowest BCUT2D eigenvalue weighted by Gasteiger charge is -2.11. The predicted molar refractivity (Wildman–Crippen MR) is 104 cm³/mol. The van der Waals surface area contributed by atoms with Crippen LogP contribution in [0.3, 0.4) is 0 Å². The standard InChI is InChI=1S/C19H20N4O5S/c24-19(22-17-11-20-8-9-21-17)18(23-28-14-7-10-27-12-14)13-1-3-15(4-2-13)29(25,26)16-5-6-16/h1-4,8-9,11,14,16H,5-7,10,12H2,(H,21,22,24)/b23-18+/t14-/m1/s1. The molecule has 1 aromatic heterocycles. The second kappa shape index (κ2) is 8.26. The monoisotopic (exact) mass is 416 g/mol. The SMILES string of the molecule is O=C(Nc1cnccn1)/C(=N/O[C@@H]1CCOC1)c1ccc(S(=O)(=O)C2CC2)cc1. The average molecular weight is 416 g/mol. The van der Waals surface area contributed by atoms with Gasteiger partial charge in [0.2, 0.25) is 0 Å². The number of carbonyl (C=O) groups is 1. The van der Waals surface area contributed by atoms with Crippen LogP contribution in [0.1, 0.15) is 24.8 Å². The molecule has 1 atom stereocenters. The highest BCUT2D eigenvalue weighted by Gasteiger charge is 2.36. The van der Waals surface area contributed by atoms with Crippen molar-refractivity contribution in [2.24, 2.45) is 5.16 Å². The first kappa shape index (κ1) is 19.5. The normalized spacial score (nSPS) is 19.7. The third-order valence-electron chi connectivity index (χ3n) is 4.62. The lowest BCUT2D eigenvalue weighted by Crippen LogP contribution is -2.26. The molecule has 9 nitrogen and oxygen atoms in total. The van der Waals surface area contributed by atoms with Crippen LogP contribution in [0.5, 0.6) is 0 Å². The molecule has 0 bridgehead atoms. The summed E-state index contributed by atoms with van der Waals surface area (Å²) >= 11 is 0. The van der Waals surface area contributed by atoms with Crippen molar-refractivity contribution >= 4 is 27.3 Å². The first-order valence-electron chi connectivity index (χ1n) is 9.27. The molecule has 1 N–H and O–H groups in total. The van der Waals surface area contributed by atoms with Crippen LogP contribution < -0.4 is 5.32 Å². The number of hydrogen-bond acceptors (Lipinski definition) is 8. The first-order valence-corrected chi connectivity index (χ1v) is 10.8. The van der Waals surface area contributed by atoms with Gasteiger partial charge in [0.15, 0.2) is 27.5 Å². The quantitative estimate of drug-likeness (QED) is 0.537. The van der Waals surface area contributed by atoms with Crippen LogP contribution in [0.2, 0.25) is 0 Å². The summed E-state index contributed by atoms with van der Waals surface area (Å²) in [4.78, 5) is 26.4. The van der Waals surface area contributed by atoms with Gasteiger partial charge in [0.05, 0.1) is 29.6 Å². The summed E-state index contributed by atoms with van der Waals surface area (Å²) in [6.45, 7) is 0.982. The van der Waals surface area contributed by atoms with E-state index >= 15 is 0 Å². The van der Waals surface area contributed by atoms with E-state index in [1.54, 1.807) is 12.1 Å². The van der Waals surface area contributed by atoms with E-state index in [-0.39, 0.29) is 27.8 Å². The molecule has 2 fully saturated rings. The summed E-state index contributed by atoms with van der Waals surface area (Å²) in [5.74, 6) is -0.274. The molecule has 1 aliphatic heterocycles. The Morgan fingerprint density at radius 3 is 2.59 bits per heavy atom. The minimum absolute atomic E-state index is 0.0120. The molecule has 1 aliphatic carbocycles. The van der Waals surface area contributed by atoms with E-state index in [2.05, 4.69) is 20.4 Å². The van der Waals surface area contributed by atoms with Crippen molar-refractivity contribution in [3.8, 4) is 0 Å². The summed E-state index contributed by atoms with van der Waals surface area (Å²) < 4.78 is 30.0. The van der Waals surface area contributed by atoms with Crippen LogP contribution in [0.25, 0.3) is 0 Å². The minimum Gasteiger partial charge on any atom is -0.389 e. The number of hydrogen-bond donors (Lipinski definition) is 1. The van der Waals surface area contributed by atoms with Crippen LogP contribution in [-0.2, 0) is 24.2 Å². The number of nitrogens with zero attached hydrogens (tertiary/aromatic N) is 3. The first-order chi connectivity index (χ1) is 14.0. The zero-order valence-electron chi connectivity index (χ0n) is 15.5. The lowest BCUT2D eigenvalue weighted by atomic mass is 10.1. The minimum atomic E-state index is -3.31. The summed E-state index contributed by atoms with van der Waals surface area (Å²) in [5, 5.41) is 6.36. The van der Waals surface area contributed by atoms with Gasteiger partial charge in [0.25, 0.3) is 5.91 Å². The molecule has 1 aromatic carbocycles. The molecule has 0 unspecified atom stereocenters. The third-order valence-corrected chi connectivity index (χ3v) is 6.90. The van der Waals surface area contributed by atoms with Gasteiger partial charge < -0.3 is 14.9 Å². The number of ether oxygens (including phenoxy) is 1. The Balaban J connectivity index is 1.58. The maximum absolute atomic E-state index is 12.8. The van der Waals surface area contributed by atoms with Gasteiger partial charge in [-0.25, -0.2) is 13.4 Å². The van der Waals surface area contributed by atoms with Gasteiger partial charge >= 0.3 is 0 Å². The van der Waals surface area contributed by atoms with Crippen LogP contribution in [0, 0.1) is 0 Å². The fourth-order valence-corrected chi connectivity index (χ4v) is 4.52. The predicted octanol–water partition coefficient (Wildman–Crippen LogP) is 1.56. The molecule has 1 saturated heterocycles. The Morgan fingerprint density at radius 1 is 1.17 bits per heavy atom. The molecule has 152 valence electrons. The van der Waals surface area contributed by atoms with Gasteiger partial charge in [0, 0.05) is 24.4 Å². The number of aromatic nitrogens is 2. The van der Waals surface area contributed by atoms with E-state index in [4.69, 9.17) is 9.57 Å². The van der Waals surface area contributed by atoms with E-state index in [0.29, 0.717) is 38.0 Å². The van der Waals surface area contributed by atoms with Crippen molar-refractivity contribution in [3.63, 3.8) is 0 Å². The molecular weight excluding hydrogens is 396 g/mol. The molecule has 1 amide bonds. The van der Waals surface area contributed by atoms with Crippen LogP contribution in [-0.4, -0.2) is 54.6 Å². The Morgan fingerprint density at radius 2 is 1.97 bits per heavy atom. The molecule has 0 spiro atoms. The van der Waals surface area contributed by atoms with Gasteiger partial charge in [-0.05, 0) is 25.0 Å². The Bertz CT molecular complexity index is 999. The summed E-state index contributed by atoms with van der Waals surface area (Å²) in [6.07, 6.45) is 6.18. The highest BCUT2D eigenvalue weighted by Crippen LogP contribution is 2.33. The Hall–Kier alpha value is -2.85. The molecule has 2 aromatic rings. The topological polar surface area (TPSA) is 120 Å². The van der Waals surface area contributed by atoms with E-state index in [0.717, 1.165) is 0 Å². The van der Waals surface area contributed by atoms with Crippen molar-refractivity contribution in [2.45, 2.75) is 35.5 Å². The van der Waals surface area contributed by atoms with E-state index in [9.17, 15) is 13.2 Å². The number of nitrogens with one attached hydrogen (secondary N) is 1. The number of anilines is 1. The molecule has 1 saturated carbocycles. The highest BCUT2D eigenvalue weighted by atomic mass is 32.2. The second-order valence-electron chi connectivity index (χ2n) is 6.84.